The first kappa shape index (κ1) is 25.9. The molecule has 0 aromatic heterocycles. The van der Waals surface area contributed by atoms with Crippen LogP contribution in [0.2, 0.25) is 0 Å². The van der Waals surface area contributed by atoms with Crippen molar-refractivity contribution in [3.8, 4) is 0 Å². The summed E-state index contributed by atoms with van der Waals surface area (Å²) in [5, 5.41) is 0.967. The van der Waals surface area contributed by atoms with Gasteiger partial charge >= 0.3 is 36.7 Å². The summed E-state index contributed by atoms with van der Waals surface area (Å²) in [5.41, 5.74) is 0.157. The van der Waals surface area contributed by atoms with Crippen LogP contribution in [-0.4, -0.2) is 42.5 Å². The fraction of sp³-hybridized carbons (Fsp3) is 0.875. The van der Waals surface area contributed by atoms with E-state index in [-0.39, 0.29) is 0 Å². The van der Waals surface area contributed by atoms with Gasteiger partial charge in [0.1, 0.15) is 5.84 Å². The van der Waals surface area contributed by atoms with Crippen molar-refractivity contribution in [1.29, 1.82) is 0 Å². The molecule has 0 unspecified atom stereocenters. The number of azide groups is 1. The lowest BCUT2D eigenvalue weighted by atomic mass is 9.83. The lowest BCUT2D eigenvalue weighted by molar-refractivity contribution is -0.398. The summed E-state index contributed by atoms with van der Waals surface area (Å²) < 4.78 is 201. The maximum absolute atomic E-state index is 13.0. The Hall–Kier alpha value is -2.14. The smallest absolute Gasteiger partial charge is 0.212 e. The maximum atomic E-state index is 13.0. The molecule has 20 heteroatoms. The summed E-state index contributed by atoms with van der Waals surface area (Å²) in [4.78, 5) is 1.25. The predicted octanol–water partition coefficient (Wildman–Crippen LogP) is 6.16. The molecule has 28 heavy (non-hydrogen) atoms. The van der Waals surface area contributed by atoms with E-state index in [2.05, 4.69) is 0 Å². The molecular formula is C8F16N4. The lowest BCUT2D eigenvalue weighted by Crippen LogP contribution is -2.64. The van der Waals surface area contributed by atoms with E-state index < -0.39 is 47.9 Å². The van der Waals surface area contributed by atoms with Crippen LogP contribution < -0.4 is 0 Å². The molecule has 0 bridgehead atoms. The fourth-order valence-corrected chi connectivity index (χ4v) is 1.46. The second-order valence-corrected chi connectivity index (χ2v) is 4.48. The molecule has 0 aromatic rings. The van der Waals surface area contributed by atoms with Crippen molar-refractivity contribution in [3.05, 3.63) is 10.4 Å². The van der Waals surface area contributed by atoms with Crippen molar-refractivity contribution in [2.45, 2.75) is 36.7 Å². The molecule has 0 aromatic carbocycles. The maximum Gasteiger partial charge on any atom is 0.462 e. The molecule has 0 heterocycles. The Morgan fingerprint density at radius 2 is 0.893 bits per heavy atom. The van der Waals surface area contributed by atoms with E-state index in [1.165, 1.54) is 0 Å². The van der Waals surface area contributed by atoms with Crippen LogP contribution >= 0.6 is 0 Å². The number of nitrogens with zero attached hydrogens (tertiary/aromatic N) is 4. The number of amidine groups is 1. The van der Waals surface area contributed by atoms with Gasteiger partial charge in [0.15, 0.2) is 0 Å². The molecule has 0 saturated carbocycles. The van der Waals surface area contributed by atoms with Crippen LogP contribution in [0.15, 0.2) is 10.1 Å². The first-order valence-corrected chi connectivity index (χ1v) is 5.59. The summed E-state index contributed by atoms with van der Waals surface area (Å²) in [6.45, 7) is 0. The zero-order valence-corrected chi connectivity index (χ0v) is 11.8. The van der Waals surface area contributed by atoms with E-state index in [4.69, 9.17) is 5.53 Å². The molecule has 0 fully saturated rings. The third-order valence-electron chi connectivity index (χ3n) is 2.73. The average molecular weight is 456 g/mol. The Balaban J connectivity index is 7.42. The number of hydrogen-bond donors (Lipinski definition) is 0. The summed E-state index contributed by atoms with van der Waals surface area (Å²) in [7, 11) is 0. The highest BCUT2D eigenvalue weighted by Gasteiger charge is 2.87. The van der Waals surface area contributed by atoms with Crippen LogP contribution in [-0.2, 0) is 0 Å². The quantitative estimate of drug-likeness (QED) is 0.0930. The highest BCUT2D eigenvalue weighted by molar-refractivity contribution is 5.91. The molecule has 0 radical (unpaired) electrons. The Morgan fingerprint density at radius 1 is 0.571 bits per heavy atom. The summed E-state index contributed by atoms with van der Waals surface area (Å²) in [6, 6.07) is -7.37. The Kier molecular flexibility index (Phi) is 6.22. The van der Waals surface area contributed by atoms with Crippen LogP contribution in [0.5, 0.6) is 0 Å². The SMILES string of the molecule is [N-]=[N+]=NC(=NC(F)(F)C(F)(F)C(F)(F)F)C(C(F)(F)F)(C(F)(F)F)C(F)(F)F. The van der Waals surface area contributed by atoms with Crippen LogP contribution in [0.4, 0.5) is 70.2 Å². The van der Waals surface area contributed by atoms with Gasteiger partial charge in [0.05, 0.1) is 0 Å². The molecular weight excluding hydrogens is 456 g/mol. The zero-order valence-electron chi connectivity index (χ0n) is 11.8. The Labute approximate surface area is 140 Å². The fourth-order valence-electron chi connectivity index (χ4n) is 1.46. The van der Waals surface area contributed by atoms with Crippen molar-refractivity contribution in [2.75, 3.05) is 0 Å². The predicted molar refractivity (Wildman–Crippen MR) is 53.1 cm³/mol. The topological polar surface area (TPSA) is 61.1 Å². The number of aliphatic imine (C=N–C) groups is 1. The third kappa shape index (κ3) is 3.86. The molecule has 0 aliphatic rings. The van der Waals surface area contributed by atoms with Crippen molar-refractivity contribution < 1.29 is 70.2 Å². The second-order valence-electron chi connectivity index (χ2n) is 4.48. The van der Waals surface area contributed by atoms with Crippen molar-refractivity contribution in [1.82, 2.24) is 0 Å². The Bertz CT molecular complexity index is 618. The molecule has 0 rings (SSSR count). The van der Waals surface area contributed by atoms with Gasteiger partial charge in [-0.25, -0.2) is 4.99 Å². The van der Waals surface area contributed by atoms with Gasteiger partial charge in [-0.05, 0) is 10.6 Å². The number of rotatable bonds is 3. The minimum Gasteiger partial charge on any atom is -0.212 e. The molecule has 0 spiro atoms. The number of hydrogen-bond acceptors (Lipinski definition) is 1. The van der Waals surface area contributed by atoms with Gasteiger partial charge in [0, 0.05) is 4.91 Å². The monoisotopic (exact) mass is 456 g/mol. The van der Waals surface area contributed by atoms with Crippen molar-refractivity contribution >= 4 is 5.84 Å². The second kappa shape index (κ2) is 6.73. The van der Waals surface area contributed by atoms with Crippen LogP contribution in [0.3, 0.4) is 0 Å². The van der Waals surface area contributed by atoms with Crippen LogP contribution in [0.1, 0.15) is 0 Å². The first-order chi connectivity index (χ1) is 11.9. The Morgan fingerprint density at radius 3 is 1.11 bits per heavy atom. The van der Waals surface area contributed by atoms with Gasteiger partial charge < -0.3 is 0 Å². The first-order valence-electron chi connectivity index (χ1n) is 5.59. The highest BCUT2D eigenvalue weighted by atomic mass is 19.4. The van der Waals surface area contributed by atoms with Crippen LogP contribution in [0.25, 0.3) is 10.4 Å². The van der Waals surface area contributed by atoms with E-state index in [9.17, 15) is 70.2 Å². The average Bonchev–Trinajstić information content (AvgIpc) is 2.31. The minimum absolute atomic E-state index is 0.341. The molecule has 0 N–H and O–H groups in total. The molecule has 4 nitrogen and oxygen atoms in total. The van der Waals surface area contributed by atoms with Crippen molar-refractivity contribution in [2.24, 2.45) is 15.5 Å². The van der Waals surface area contributed by atoms with Crippen LogP contribution in [0, 0.1) is 5.41 Å². The summed E-state index contributed by atoms with van der Waals surface area (Å²) in [6.07, 6.45) is -30.7. The van der Waals surface area contributed by atoms with Gasteiger partial charge in [-0.15, -0.1) is 0 Å². The van der Waals surface area contributed by atoms with Gasteiger partial charge in [-0.3, -0.25) is 0 Å². The highest BCUT2D eigenvalue weighted by Crippen LogP contribution is 2.61. The van der Waals surface area contributed by atoms with Gasteiger partial charge in [-0.2, -0.15) is 70.2 Å². The summed E-state index contributed by atoms with van der Waals surface area (Å²) >= 11 is 0. The molecule has 0 atom stereocenters. The molecule has 0 amide bonds. The molecule has 0 saturated heterocycles. The molecule has 0 aliphatic carbocycles. The standard InChI is InChI=1S/C8F16N4/c9-3(10,7(20,21)22)8(23,24)26-1(27-28-25)2(4(11,12)13,5(14,15)16)6(17,18)19. The largest absolute Gasteiger partial charge is 0.462 e. The lowest BCUT2D eigenvalue weighted by Gasteiger charge is -2.38. The van der Waals surface area contributed by atoms with E-state index in [0.717, 1.165) is 10.0 Å². The van der Waals surface area contributed by atoms with E-state index in [1.807, 2.05) is 0 Å². The normalized spacial score (nSPS) is 16.1. The third-order valence-corrected chi connectivity index (χ3v) is 2.73. The summed E-state index contributed by atoms with van der Waals surface area (Å²) in [5.74, 6) is -12.0. The van der Waals surface area contributed by atoms with E-state index in [0.29, 0.717) is 4.99 Å². The number of alkyl halides is 16. The van der Waals surface area contributed by atoms with Gasteiger partial charge in [-0.1, -0.05) is 0 Å². The van der Waals surface area contributed by atoms with Crippen molar-refractivity contribution in [3.63, 3.8) is 0 Å². The van der Waals surface area contributed by atoms with E-state index in [1.54, 1.807) is 0 Å². The molecule has 164 valence electrons. The zero-order chi connectivity index (χ0) is 23.2. The number of halogens is 16. The van der Waals surface area contributed by atoms with Gasteiger partial charge in [0.25, 0.3) is 5.41 Å². The molecule has 0 aliphatic heterocycles. The van der Waals surface area contributed by atoms with E-state index >= 15 is 0 Å². The van der Waals surface area contributed by atoms with Gasteiger partial charge in [0.2, 0.25) is 0 Å². The minimum atomic E-state index is -7.78.